The predicted octanol–water partition coefficient (Wildman–Crippen LogP) is 2.48. The van der Waals surface area contributed by atoms with E-state index >= 15 is 0 Å². The van der Waals surface area contributed by atoms with Crippen molar-refractivity contribution in [2.45, 2.75) is 31.3 Å². The van der Waals surface area contributed by atoms with Crippen LogP contribution >= 0.6 is 11.3 Å². The van der Waals surface area contributed by atoms with Crippen LogP contribution in [0.15, 0.2) is 18.2 Å². The molecule has 1 unspecified atom stereocenters. The standard InChI is InChI=1S/C15H19N3O2S/c1-20-11(8-16)7-14(19)17-10-4-5-12-13(6-10)21-15(18-12)9-2-3-9/h4-6,9,11H,2-3,7-8,16H2,1H3,(H,17,19). The molecule has 1 fully saturated rings. The van der Waals surface area contributed by atoms with Crippen LogP contribution in [-0.4, -0.2) is 30.6 Å². The minimum absolute atomic E-state index is 0.0846. The van der Waals surface area contributed by atoms with Gasteiger partial charge in [-0.1, -0.05) is 0 Å². The number of carbonyl (C=O) groups excluding carboxylic acids is 1. The largest absolute Gasteiger partial charge is 0.380 e. The van der Waals surface area contributed by atoms with E-state index in [-0.39, 0.29) is 18.4 Å². The lowest BCUT2D eigenvalue weighted by atomic mass is 10.2. The summed E-state index contributed by atoms with van der Waals surface area (Å²) in [7, 11) is 1.56. The third-order valence-corrected chi connectivity index (χ3v) is 4.81. The van der Waals surface area contributed by atoms with Crippen LogP contribution in [0.4, 0.5) is 5.69 Å². The van der Waals surface area contributed by atoms with Gasteiger partial charge in [0.15, 0.2) is 0 Å². The minimum atomic E-state index is -0.237. The topological polar surface area (TPSA) is 77.2 Å². The molecule has 1 aliphatic rings. The van der Waals surface area contributed by atoms with Crippen LogP contribution < -0.4 is 11.1 Å². The summed E-state index contributed by atoms with van der Waals surface area (Å²) in [5.41, 5.74) is 7.33. The monoisotopic (exact) mass is 305 g/mol. The molecular weight excluding hydrogens is 286 g/mol. The lowest BCUT2D eigenvalue weighted by Crippen LogP contribution is -2.28. The zero-order valence-electron chi connectivity index (χ0n) is 12.0. The Morgan fingerprint density at radius 1 is 1.57 bits per heavy atom. The average molecular weight is 305 g/mol. The van der Waals surface area contributed by atoms with Crippen molar-refractivity contribution in [2.24, 2.45) is 5.73 Å². The Morgan fingerprint density at radius 3 is 3.05 bits per heavy atom. The maximum Gasteiger partial charge on any atom is 0.227 e. The number of thiazole rings is 1. The van der Waals surface area contributed by atoms with Gasteiger partial charge in [-0.25, -0.2) is 4.98 Å². The first-order valence-corrected chi connectivity index (χ1v) is 7.94. The number of rotatable bonds is 6. The van der Waals surface area contributed by atoms with Crippen molar-refractivity contribution in [1.29, 1.82) is 0 Å². The molecule has 1 amide bonds. The fourth-order valence-electron chi connectivity index (χ4n) is 2.21. The summed E-state index contributed by atoms with van der Waals surface area (Å²) in [6, 6.07) is 5.84. The molecule has 21 heavy (non-hydrogen) atoms. The van der Waals surface area contributed by atoms with Crippen molar-refractivity contribution in [3.05, 3.63) is 23.2 Å². The van der Waals surface area contributed by atoms with E-state index in [1.165, 1.54) is 17.8 Å². The summed E-state index contributed by atoms with van der Waals surface area (Å²) >= 11 is 1.72. The van der Waals surface area contributed by atoms with Crippen LogP contribution in [0, 0.1) is 0 Å². The molecule has 1 aromatic carbocycles. The number of ether oxygens (including phenoxy) is 1. The highest BCUT2D eigenvalue weighted by Gasteiger charge is 2.27. The number of hydrogen-bond donors (Lipinski definition) is 2. The molecule has 2 aromatic rings. The maximum absolute atomic E-state index is 11.9. The van der Waals surface area contributed by atoms with Crippen molar-refractivity contribution >= 4 is 33.1 Å². The van der Waals surface area contributed by atoms with Crippen molar-refractivity contribution in [2.75, 3.05) is 19.0 Å². The number of amides is 1. The molecule has 3 rings (SSSR count). The number of carbonyl (C=O) groups is 1. The molecule has 1 atom stereocenters. The van der Waals surface area contributed by atoms with E-state index in [1.54, 1.807) is 18.4 Å². The number of nitrogens with one attached hydrogen (secondary N) is 1. The highest BCUT2D eigenvalue weighted by molar-refractivity contribution is 7.18. The Balaban J connectivity index is 1.70. The van der Waals surface area contributed by atoms with Crippen LogP contribution in [0.25, 0.3) is 10.2 Å². The second-order valence-electron chi connectivity index (χ2n) is 5.35. The molecular formula is C15H19N3O2S. The average Bonchev–Trinajstić information content (AvgIpc) is 3.24. The van der Waals surface area contributed by atoms with Crippen LogP contribution in [-0.2, 0) is 9.53 Å². The molecule has 1 aromatic heterocycles. The second-order valence-corrected chi connectivity index (χ2v) is 6.42. The van der Waals surface area contributed by atoms with Crippen LogP contribution in [0.1, 0.15) is 30.2 Å². The van der Waals surface area contributed by atoms with Crippen LogP contribution in [0.3, 0.4) is 0 Å². The molecule has 0 radical (unpaired) electrons. The Labute approximate surface area is 127 Å². The molecule has 0 bridgehead atoms. The summed E-state index contributed by atoms with van der Waals surface area (Å²) in [6.07, 6.45) is 2.53. The van der Waals surface area contributed by atoms with E-state index in [9.17, 15) is 4.79 Å². The fraction of sp³-hybridized carbons (Fsp3) is 0.467. The first-order chi connectivity index (χ1) is 10.2. The normalized spacial score (nSPS) is 16.1. The number of nitrogens with two attached hydrogens (primary N) is 1. The number of nitrogens with zero attached hydrogens (tertiary/aromatic N) is 1. The third-order valence-electron chi connectivity index (χ3n) is 3.62. The van der Waals surface area contributed by atoms with Gasteiger partial charge in [0.1, 0.15) is 0 Å². The van der Waals surface area contributed by atoms with Gasteiger partial charge in [0.25, 0.3) is 0 Å². The van der Waals surface area contributed by atoms with Crippen molar-refractivity contribution in [1.82, 2.24) is 4.98 Å². The molecule has 3 N–H and O–H groups in total. The van der Waals surface area contributed by atoms with E-state index in [1.807, 2.05) is 18.2 Å². The van der Waals surface area contributed by atoms with Gasteiger partial charge in [-0.15, -0.1) is 11.3 Å². The number of hydrogen-bond acceptors (Lipinski definition) is 5. The zero-order valence-corrected chi connectivity index (χ0v) is 12.8. The Bertz CT molecular complexity index is 647. The number of aromatic nitrogens is 1. The smallest absolute Gasteiger partial charge is 0.227 e. The molecule has 5 nitrogen and oxygen atoms in total. The van der Waals surface area contributed by atoms with Crippen molar-refractivity contribution in [3.63, 3.8) is 0 Å². The quantitative estimate of drug-likeness (QED) is 0.859. The summed E-state index contributed by atoms with van der Waals surface area (Å²) in [4.78, 5) is 16.6. The van der Waals surface area contributed by atoms with Gasteiger partial charge in [-0.05, 0) is 31.0 Å². The van der Waals surface area contributed by atoms with E-state index in [2.05, 4.69) is 10.3 Å². The Kier molecular flexibility index (Phi) is 4.19. The van der Waals surface area contributed by atoms with Gasteiger partial charge < -0.3 is 15.8 Å². The maximum atomic E-state index is 11.9. The highest BCUT2D eigenvalue weighted by atomic mass is 32.1. The lowest BCUT2D eigenvalue weighted by Gasteiger charge is -2.12. The van der Waals surface area contributed by atoms with Crippen LogP contribution in [0.2, 0.25) is 0 Å². The van der Waals surface area contributed by atoms with Gasteiger partial charge in [0, 0.05) is 25.3 Å². The summed E-state index contributed by atoms with van der Waals surface area (Å²) < 4.78 is 6.24. The van der Waals surface area contributed by atoms with Gasteiger partial charge >= 0.3 is 0 Å². The van der Waals surface area contributed by atoms with Crippen LogP contribution in [0.5, 0.6) is 0 Å². The second kappa shape index (κ2) is 6.09. The third kappa shape index (κ3) is 3.40. The molecule has 0 spiro atoms. The number of methoxy groups -OCH3 is 1. The molecule has 0 aliphatic heterocycles. The highest BCUT2D eigenvalue weighted by Crippen LogP contribution is 2.43. The molecule has 1 aliphatic carbocycles. The SMILES string of the molecule is COC(CN)CC(=O)Nc1ccc2nc(C3CC3)sc2c1. The van der Waals surface area contributed by atoms with E-state index < -0.39 is 0 Å². The predicted molar refractivity (Wildman–Crippen MR) is 84.7 cm³/mol. The number of benzene rings is 1. The summed E-state index contributed by atoms with van der Waals surface area (Å²) in [5.74, 6) is 0.575. The molecule has 6 heteroatoms. The zero-order chi connectivity index (χ0) is 14.8. The Morgan fingerprint density at radius 2 is 2.38 bits per heavy atom. The number of anilines is 1. The van der Waals surface area contributed by atoms with Crippen molar-refractivity contribution < 1.29 is 9.53 Å². The minimum Gasteiger partial charge on any atom is -0.380 e. The molecule has 1 heterocycles. The molecule has 0 saturated heterocycles. The summed E-state index contributed by atoms with van der Waals surface area (Å²) in [5, 5.41) is 4.11. The van der Waals surface area contributed by atoms with E-state index in [0.29, 0.717) is 12.5 Å². The summed E-state index contributed by atoms with van der Waals surface area (Å²) in [6.45, 7) is 0.336. The molecule has 112 valence electrons. The van der Waals surface area contributed by atoms with Crippen molar-refractivity contribution in [3.8, 4) is 0 Å². The Hall–Kier alpha value is -1.50. The van der Waals surface area contributed by atoms with Gasteiger partial charge in [-0.3, -0.25) is 4.79 Å². The van der Waals surface area contributed by atoms with E-state index in [4.69, 9.17) is 10.5 Å². The van der Waals surface area contributed by atoms with Gasteiger partial charge in [0.2, 0.25) is 5.91 Å². The first kappa shape index (κ1) is 14.4. The fourth-order valence-corrected chi connectivity index (χ4v) is 3.38. The first-order valence-electron chi connectivity index (χ1n) is 7.13. The van der Waals surface area contributed by atoms with E-state index in [0.717, 1.165) is 15.9 Å². The van der Waals surface area contributed by atoms with Gasteiger partial charge in [-0.2, -0.15) is 0 Å². The lowest BCUT2D eigenvalue weighted by molar-refractivity contribution is -0.118. The van der Waals surface area contributed by atoms with Gasteiger partial charge in [0.05, 0.1) is 27.7 Å². The molecule has 1 saturated carbocycles. The number of fused-ring (bicyclic) bond motifs is 1.